The van der Waals surface area contributed by atoms with Crippen molar-refractivity contribution in [2.45, 2.75) is 39.5 Å². The van der Waals surface area contributed by atoms with Crippen molar-refractivity contribution in [2.75, 3.05) is 25.0 Å². The Morgan fingerprint density at radius 1 is 1.36 bits per heavy atom. The number of hydrogen-bond donors (Lipinski definition) is 2. The molecule has 0 aliphatic carbocycles. The van der Waals surface area contributed by atoms with Gasteiger partial charge in [0, 0.05) is 11.5 Å². The monoisotopic (exact) mass is 333 g/mol. The van der Waals surface area contributed by atoms with Crippen molar-refractivity contribution in [3.05, 3.63) is 11.8 Å². The van der Waals surface area contributed by atoms with Gasteiger partial charge < -0.3 is 9.63 Å². The van der Waals surface area contributed by atoms with Crippen LogP contribution in [0.2, 0.25) is 0 Å². The molecule has 1 aromatic rings. The molecule has 8 heteroatoms. The minimum Gasteiger partial charge on any atom is -0.480 e. The fourth-order valence-electron chi connectivity index (χ4n) is 1.79. The van der Waals surface area contributed by atoms with Gasteiger partial charge in [0.1, 0.15) is 0 Å². The Bertz CT molecular complexity index is 497. The van der Waals surface area contributed by atoms with Crippen LogP contribution in [0.4, 0.5) is 5.88 Å². The number of hydrogen-bond acceptors (Lipinski definition) is 5. The summed E-state index contributed by atoms with van der Waals surface area (Å²) >= 11 is 0. The van der Waals surface area contributed by atoms with E-state index in [2.05, 4.69) is 10.5 Å². The molecule has 0 aliphatic heterocycles. The highest BCUT2D eigenvalue weighted by Crippen LogP contribution is 2.23. The van der Waals surface area contributed by atoms with E-state index in [0.29, 0.717) is 6.54 Å². The first-order valence-corrected chi connectivity index (χ1v) is 6.93. The second-order valence-corrected chi connectivity index (χ2v) is 5.98. The largest absolute Gasteiger partial charge is 0.480 e. The van der Waals surface area contributed by atoms with Crippen LogP contribution in [0.5, 0.6) is 0 Å². The van der Waals surface area contributed by atoms with Crippen LogP contribution in [-0.2, 0) is 15.0 Å². The predicted octanol–water partition coefficient (Wildman–Crippen LogP) is 2.13. The van der Waals surface area contributed by atoms with Gasteiger partial charge in [-0.2, -0.15) is 0 Å². The second-order valence-electron chi connectivity index (χ2n) is 5.98. The number of aromatic nitrogens is 1. The molecule has 7 nitrogen and oxygen atoms in total. The van der Waals surface area contributed by atoms with Crippen molar-refractivity contribution in [1.29, 1.82) is 0 Å². The number of rotatable bonds is 7. The maximum absolute atomic E-state index is 11.9. The molecule has 1 amide bonds. The van der Waals surface area contributed by atoms with Gasteiger partial charge in [-0.05, 0) is 13.0 Å². The Labute approximate surface area is 136 Å². The van der Waals surface area contributed by atoms with E-state index >= 15 is 0 Å². The standard InChI is InChI=1S/C14H23N3O4.ClH/c1-5-6-17(9-13(19)20)8-11(18)15-12-7-10(16-21-12)14(2,3)4;/h7H,5-6,8-9H2,1-4H3,(H,15,18)(H,19,20);1H. The average Bonchev–Trinajstić information content (AvgIpc) is 2.76. The van der Waals surface area contributed by atoms with Crippen LogP contribution in [0.1, 0.15) is 39.8 Å². The molecule has 1 aromatic heterocycles. The van der Waals surface area contributed by atoms with Crippen molar-refractivity contribution in [2.24, 2.45) is 0 Å². The van der Waals surface area contributed by atoms with Crippen molar-refractivity contribution in [3.8, 4) is 0 Å². The van der Waals surface area contributed by atoms with Crippen LogP contribution >= 0.6 is 12.4 Å². The summed E-state index contributed by atoms with van der Waals surface area (Å²) in [7, 11) is 0. The molecule has 0 spiro atoms. The topological polar surface area (TPSA) is 95.7 Å². The van der Waals surface area contributed by atoms with Gasteiger partial charge in [0.05, 0.1) is 18.8 Å². The summed E-state index contributed by atoms with van der Waals surface area (Å²) in [4.78, 5) is 24.2. The lowest BCUT2D eigenvalue weighted by molar-refractivity contribution is -0.138. The zero-order valence-electron chi connectivity index (χ0n) is 13.4. The Morgan fingerprint density at radius 3 is 2.45 bits per heavy atom. The Hall–Kier alpha value is -1.60. The summed E-state index contributed by atoms with van der Waals surface area (Å²) in [6.45, 7) is 8.30. The number of carbonyl (C=O) groups excluding carboxylic acids is 1. The number of nitrogens with zero attached hydrogens (tertiary/aromatic N) is 2. The van der Waals surface area contributed by atoms with Gasteiger partial charge in [-0.3, -0.25) is 19.8 Å². The van der Waals surface area contributed by atoms with Crippen LogP contribution in [0, 0.1) is 0 Å². The van der Waals surface area contributed by atoms with E-state index in [1.807, 2.05) is 27.7 Å². The van der Waals surface area contributed by atoms with Gasteiger partial charge in [0.25, 0.3) is 0 Å². The summed E-state index contributed by atoms with van der Waals surface area (Å²) in [6, 6.07) is 1.68. The number of carboxylic acids is 1. The summed E-state index contributed by atoms with van der Waals surface area (Å²) in [5.74, 6) is -0.996. The zero-order valence-corrected chi connectivity index (χ0v) is 14.2. The van der Waals surface area contributed by atoms with Gasteiger partial charge in [0.15, 0.2) is 0 Å². The predicted molar refractivity (Wildman–Crippen MR) is 85.4 cm³/mol. The summed E-state index contributed by atoms with van der Waals surface area (Å²) < 4.78 is 5.07. The minimum atomic E-state index is -0.953. The first-order chi connectivity index (χ1) is 9.72. The van der Waals surface area contributed by atoms with Crippen LogP contribution in [-0.4, -0.2) is 46.7 Å². The van der Waals surface area contributed by atoms with Gasteiger partial charge in [0.2, 0.25) is 11.8 Å². The molecule has 0 atom stereocenters. The molecule has 22 heavy (non-hydrogen) atoms. The van der Waals surface area contributed by atoms with E-state index in [1.54, 1.807) is 11.0 Å². The fraction of sp³-hybridized carbons (Fsp3) is 0.643. The maximum atomic E-state index is 11.9. The Balaban J connectivity index is 0.00000441. The van der Waals surface area contributed by atoms with E-state index in [4.69, 9.17) is 9.63 Å². The Kier molecular flexibility index (Phi) is 8.11. The van der Waals surface area contributed by atoms with Crippen LogP contribution < -0.4 is 5.32 Å². The van der Waals surface area contributed by atoms with Crippen LogP contribution in [0.3, 0.4) is 0 Å². The van der Waals surface area contributed by atoms with Gasteiger partial charge in [-0.15, -0.1) is 12.4 Å². The van der Waals surface area contributed by atoms with E-state index < -0.39 is 5.97 Å². The van der Waals surface area contributed by atoms with Crippen LogP contribution in [0.25, 0.3) is 0 Å². The van der Waals surface area contributed by atoms with Crippen LogP contribution in [0.15, 0.2) is 10.6 Å². The molecule has 0 aromatic carbocycles. The highest BCUT2D eigenvalue weighted by Gasteiger charge is 2.20. The molecular weight excluding hydrogens is 310 g/mol. The third-order valence-electron chi connectivity index (χ3n) is 2.81. The first kappa shape index (κ1) is 20.4. The number of carbonyl (C=O) groups is 2. The molecule has 0 radical (unpaired) electrons. The van der Waals surface area contributed by atoms with E-state index in [1.165, 1.54) is 0 Å². The number of halogens is 1. The van der Waals surface area contributed by atoms with Gasteiger partial charge >= 0.3 is 5.97 Å². The van der Waals surface area contributed by atoms with Crippen molar-refractivity contribution in [1.82, 2.24) is 10.1 Å². The SMILES string of the molecule is CCCN(CC(=O)O)CC(=O)Nc1cc(C(C)(C)C)no1.Cl. The maximum Gasteiger partial charge on any atom is 0.317 e. The van der Waals surface area contributed by atoms with E-state index in [0.717, 1.165) is 12.1 Å². The lowest BCUT2D eigenvalue weighted by Gasteiger charge is -2.18. The van der Waals surface area contributed by atoms with E-state index in [9.17, 15) is 9.59 Å². The molecule has 0 unspecified atom stereocenters. The number of aliphatic carboxylic acids is 1. The molecule has 0 aliphatic rings. The molecular formula is C14H24ClN3O4. The molecule has 0 bridgehead atoms. The Morgan fingerprint density at radius 2 is 2.00 bits per heavy atom. The molecule has 1 heterocycles. The third-order valence-corrected chi connectivity index (χ3v) is 2.81. The van der Waals surface area contributed by atoms with Crippen molar-refractivity contribution >= 4 is 30.2 Å². The highest BCUT2D eigenvalue weighted by atomic mass is 35.5. The first-order valence-electron chi connectivity index (χ1n) is 6.93. The summed E-state index contributed by atoms with van der Waals surface area (Å²) in [5, 5.41) is 15.3. The molecule has 0 saturated heterocycles. The number of nitrogens with one attached hydrogen (secondary N) is 1. The second kappa shape index (κ2) is 8.75. The minimum absolute atomic E-state index is 0. The summed E-state index contributed by atoms with van der Waals surface area (Å²) in [6.07, 6.45) is 0.775. The number of anilines is 1. The molecule has 0 fully saturated rings. The van der Waals surface area contributed by atoms with E-state index in [-0.39, 0.29) is 42.7 Å². The zero-order chi connectivity index (χ0) is 16.0. The van der Waals surface area contributed by atoms with Gasteiger partial charge in [-0.25, -0.2) is 0 Å². The lowest BCUT2D eigenvalue weighted by atomic mass is 9.92. The molecule has 2 N–H and O–H groups in total. The number of carboxylic acid groups (broad SMARTS) is 1. The van der Waals surface area contributed by atoms with Crippen molar-refractivity contribution in [3.63, 3.8) is 0 Å². The molecule has 126 valence electrons. The summed E-state index contributed by atoms with van der Waals surface area (Å²) in [5.41, 5.74) is 0.582. The smallest absolute Gasteiger partial charge is 0.317 e. The van der Waals surface area contributed by atoms with Gasteiger partial charge in [-0.1, -0.05) is 32.9 Å². The third kappa shape index (κ3) is 6.91. The molecule has 1 rings (SSSR count). The quantitative estimate of drug-likeness (QED) is 0.793. The van der Waals surface area contributed by atoms with Crippen molar-refractivity contribution < 1.29 is 19.2 Å². The number of amides is 1. The fourth-order valence-corrected chi connectivity index (χ4v) is 1.79. The molecule has 0 saturated carbocycles. The average molecular weight is 334 g/mol. The lowest BCUT2D eigenvalue weighted by Crippen LogP contribution is -2.37. The highest BCUT2D eigenvalue weighted by molar-refractivity contribution is 5.91. The normalized spacial score (nSPS) is 11.1.